The zero-order chi connectivity index (χ0) is 17.2. The SMILES string of the molecule is CCN[C@H]1CN(S(=O)(=O)c2cccc(OC)c2)C2(CCCCC2)C1. The van der Waals surface area contributed by atoms with Crippen LogP contribution in [0.15, 0.2) is 29.2 Å². The van der Waals surface area contributed by atoms with Crippen molar-refractivity contribution in [3.63, 3.8) is 0 Å². The van der Waals surface area contributed by atoms with Crippen molar-refractivity contribution in [3.8, 4) is 5.75 Å². The van der Waals surface area contributed by atoms with Gasteiger partial charge in [-0.2, -0.15) is 4.31 Å². The van der Waals surface area contributed by atoms with Crippen molar-refractivity contribution in [3.05, 3.63) is 24.3 Å². The summed E-state index contributed by atoms with van der Waals surface area (Å²) in [7, 11) is -1.96. The summed E-state index contributed by atoms with van der Waals surface area (Å²) < 4.78 is 33.7. The molecule has 1 atom stereocenters. The van der Waals surface area contributed by atoms with Crippen molar-refractivity contribution in [2.24, 2.45) is 0 Å². The van der Waals surface area contributed by atoms with Crippen molar-refractivity contribution < 1.29 is 13.2 Å². The highest BCUT2D eigenvalue weighted by Gasteiger charge is 2.51. The average Bonchev–Trinajstić information content (AvgIpc) is 2.94. The molecule has 0 radical (unpaired) electrons. The molecule has 0 unspecified atom stereocenters. The fraction of sp³-hybridized carbons (Fsp3) is 0.667. The van der Waals surface area contributed by atoms with Crippen LogP contribution in [-0.2, 0) is 10.0 Å². The molecular formula is C18H28N2O3S. The first-order chi connectivity index (χ1) is 11.5. The van der Waals surface area contributed by atoms with Crippen LogP contribution in [0, 0.1) is 0 Å². The number of nitrogens with one attached hydrogen (secondary N) is 1. The summed E-state index contributed by atoms with van der Waals surface area (Å²) in [6.45, 7) is 3.51. The minimum Gasteiger partial charge on any atom is -0.497 e. The lowest BCUT2D eigenvalue weighted by molar-refractivity contribution is 0.171. The monoisotopic (exact) mass is 352 g/mol. The normalized spacial score (nSPS) is 24.3. The highest BCUT2D eigenvalue weighted by Crippen LogP contribution is 2.44. The third-order valence-corrected chi connectivity index (χ3v) is 7.41. The van der Waals surface area contributed by atoms with Crippen molar-refractivity contribution in [1.29, 1.82) is 0 Å². The summed E-state index contributed by atoms with van der Waals surface area (Å²) in [6, 6.07) is 7.08. The zero-order valence-electron chi connectivity index (χ0n) is 14.6. The second kappa shape index (κ2) is 7.02. The van der Waals surface area contributed by atoms with Gasteiger partial charge in [-0.3, -0.25) is 0 Å². The number of likely N-dealkylation sites (N-methyl/N-ethyl adjacent to an activating group) is 1. The van der Waals surface area contributed by atoms with Crippen molar-refractivity contribution >= 4 is 10.0 Å². The first-order valence-electron chi connectivity index (χ1n) is 8.92. The molecule has 1 aliphatic heterocycles. The minimum atomic E-state index is -3.52. The Balaban J connectivity index is 1.96. The molecular weight excluding hydrogens is 324 g/mol. The molecule has 1 N–H and O–H groups in total. The smallest absolute Gasteiger partial charge is 0.243 e. The van der Waals surface area contributed by atoms with Gasteiger partial charge in [-0.1, -0.05) is 32.3 Å². The topological polar surface area (TPSA) is 58.6 Å². The van der Waals surface area contributed by atoms with E-state index in [1.54, 1.807) is 35.7 Å². The van der Waals surface area contributed by atoms with Gasteiger partial charge in [-0.15, -0.1) is 0 Å². The van der Waals surface area contributed by atoms with E-state index in [1.165, 1.54) is 6.42 Å². The van der Waals surface area contributed by atoms with E-state index in [4.69, 9.17) is 4.74 Å². The predicted octanol–water partition coefficient (Wildman–Crippen LogP) is 2.77. The molecule has 0 bridgehead atoms. The Hall–Kier alpha value is -1.11. The minimum absolute atomic E-state index is 0.215. The Labute approximate surface area is 145 Å². The van der Waals surface area contributed by atoms with E-state index < -0.39 is 10.0 Å². The Morgan fingerprint density at radius 3 is 2.71 bits per heavy atom. The molecule has 24 heavy (non-hydrogen) atoms. The standard InChI is InChI=1S/C18H28N2O3S/c1-3-19-15-13-18(10-5-4-6-11-18)20(14-15)24(21,22)17-9-7-8-16(12-17)23-2/h7-9,12,15,19H,3-6,10-11,13-14H2,1-2H3/t15-/m1/s1. The number of benzene rings is 1. The summed E-state index contributed by atoms with van der Waals surface area (Å²) in [5.41, 5.74) is -0.215. The van der Waals surface area contributed by atoms with Crippen LogP contribution in [-0.4, -0.2) is 44.5 Å². The van der Waals surface area contributed by atoms with Gasteiger partial charge in [-0.05, 0) is 37.9 Å². The van der Waals surface area contributed by atoms with Gasteiger partial charge in [0.1, 0.15) is 5.75 Å². The lowest BCUT2D eigenvalue weighted by Gasteiger charge is -2.40. The van der Waals surface area contributed by atoms with Crippen LogP contribution in [0.5, 0.6) is 5.75 Å². The highest BCUT2D eigenvalue weighted by atomic mass is 32.2. The molecule has 3 rings (SSSR count). The molecule has 1 saturated heterocycles. The van der Waals surface area contributed by atoms with Crippen LogP contribution in [0.4, 0.5) is 0 Å². The van der Waals surface area contributed by atoms with E-state index >= 15 is 0 Å². The maximum Gasteiger partial charge on any atom is 0.243 e. The van der Waals surface area contributed by atoms with Gasteiger partial charge >= 0.3 is 0 Å². The lowest BCUT2D eigenvalue weighted by atomic mass is 9.80. The Bertz CT molecular complexity index is 669. The average molecular weight is 353 g/mol. The number of sulfonamides is 1. The fourth-order valence-corrected chi connectivity index (χ4v) is 6.26. The van der Waals surface area contributed by atoms with Gasteiger partial charge in [0.25, 0.3) is 0 Å². The number of hydrogen-bond acceptors (Lipinski definition) is 4. The maximum absolute atomic E-state index is 13.4. The molecule has 1 spiro atoms. The first kappa shape index (κ1) is 17.7. The molecule has 1 aromatic carbocycles. The first-order valence-corrected chi connectivity index (χ1v) is 10.4. The maximum atomic E-state index is 13.4. The number of hydrogen-bond donors (Lipinski definition) is 1. The molecule has 134 valence electrons. The van der Waals surface area contributed by atoms with Gasteiger partial charge in [0, 0.05) is 24.2 Å². The van der Waals surface area contributed by atoms with E-state index in [0.29, 0.717) is 17.2 Å². The molecule has 0 aromatic heterocycles. The second-order valence-corrected chi connectivity index (χ2v) is 8.82. The lowest BCUT2D eigenvalue weighted by Crippen LogP contribution is -2.48. The van der Waals surface area contributed by atoms with Gasteiger partial charge in [0.15, 0.2) is 0 Å². The number of nitrogens with zero attached hydrogens (tertiary/aromatic N) is 1. The van der Waals surface area contributed by atoms with Crippen LogP contribution in [0.2, 0.25) is 0 Å². The van der Waals surface area contributed by atoms with Gasteiger partial charge in [0.2, 0.25) is 10.0 Å². The second-order valence-electron chi connectivity index (χ2n) is 6.96. The molecule has 2 aliphatic rings. The highest BCUT2D eigenvalue weighted by molar-refractivity contribution is 7.89. The summed E-state index contributed by atoms with van der Waals surface area (Å²) in [4.78, 5) is 0.337. The number of methoxy groups -OCH3 is 1. The molecule has 1 heterocycles. The number of rotatable bonds is 5. The molecule has 0 amide bonds. The van der Waals surface area contributed by atoms with E-state index in [1.807, 2.05) is 0 Å². The molecule has 2 fully saturated rings. The summed E-state index contributed by atoms with van der Waals surface area (Å²) in [5, 5.41) is 3.46. The van der Waals surface area contributed by atoms with Crippen LogP contribution in [0.25, 0.3) is 0 Å². The van der Waals surface area contributed by atoms with Gasteiger partial charge < -0.3 is 10.1 Å². The number of ether oxygens (including phenoxy) is 1. The molecule has 1 aliphatic carbocycles. The van der Waals surface area contributed by atoms with Gasteiger partial charge in [-0.25, -0.2) is 8.42 Å². The van der Waals surface area contributed by atoms with E-state index in [0.717, 1.165) is 38.6 Å². The largest absolute Gasteiger partial charge is 0.497 e. The van der Waals surface area contributed by atoms with Crippen LogP contribution in [0.1, 0.15) is 45.4 Å². The molecule has 1 saturated carbocycles. The zero-order valence-corrected chi connectivity index (χ0v) is 15.4. The van der Waals surface area contributed by atoms with Crippen molar-refractivity contribution in [2.45, 2.75) is 61.9 Å². The van der Waals surface area contributed by atoms with Crippen LogP contribution >= 0.6 is 0 Å². The van der Waals surface area contributed by atoms with E-state index in [-0.39, 0.29) is 11.6 Å². The Morgan fingerprint density at radius 1 is 1.29 bits per heavy atom. The summed E-state index contributed by atoms with van der Waals surface area (Å²) in [6.07, 6.45) is 6.30. The summed E-state index contributed by atoms with van der Waals surface area (Å²) >= 11 is 0. The van der Waals surface area contributed by atoms with Crippen LogP contribution in [0.3, 0.4) is 0 Å². The van der Waals surface area contributed by atoms with Crippen molar-refractivity contribution in [1.82, 2.24) is 9.62 Å². The molecule has 1 aromatic rings. The van der Waals surface area contributed by atoms with E-state index in [2.05, 4.69) is 12.2 Å². The summed E-state index contributed by atoms with van der Waals surface area (Å²) in [5.74, 6) is 0.580. The van der Waals surface area contributed by atoms with E-state index in [9.17, 15) is 8.42 Å². The third-order valence-electron chi connectivity index (χ3n) is 5.45. The quantitative estimate of drug-likeness (QED) is 0.885. The third kappa shape index (κ3) is 3.19. The van der Waals surface area contributed by atoms with Crippen molar-refractivity contribution in [2.75, 3.05) is 20.2 Å². The van der Waals surface area contributed by atoms with Gasteiger partial charge in [0.05, 0.1) is 12.0 Å². The Kier molecular flexibility index (Phi) is 5.18. The Morgan fingerprint density at radius 2 is 2.04 bits per heavy atom. The predicted molar refractivity (Wildman–Crippen MR) is 94.8 cm³/mol. The van der Waals surface area contributed by atoms with Crippen LogP contribution < -0.4 is 10.1 Å². The fourth-order valence-electron chi connectivity index (χ4n) is 4.35. The molecule has 6 heteroatoms. The molecule has 5 nitrogen and oxygen atoms in total.